The molecule has 0 aliphatic rings. The summed E-state index contributed by atoms with van der Waals surface area (Å²) in [6.45, 7) is 6.38. The van der Waals surface area contributed by atoms with E-state index in [0.29, 0.717) is 16.9 Å². The molecule has 0 aliphatic heterocycles. The van der Waals surface area contributed by atoms with E-state index in [1.807, 2.05) is 24.3 Å². The van der Waals surface area contributed by atoms with Crippen LogP contribution in [0, 0.1) is 3.57 Å². The summed E-state index contributed by atoms with van der Waals surface area (Å²) in [7, 11) is 0. The van der Waals surface area contributed by atoms with Gasteiger partial charge in [-0.3, -0.25) is 4.79 Å². The Morgan fingerprint density at radius 3 is 2.19 bits per heavy atom. The number of halogens is 1. The van der Waals surface area contributed by atoms with Gasteiger partial charge in [-0.2, -0.15) is 5.10 Å². The highest BCUT2D eigenvalue weighted by Crippen LogP contribution is 2.22. The van der Waals surface area contributed by atoms with Gasteiger partial charge in [-0.05, 0) is 87.7 Å². The predicted molar refractivity (Wildman–Crippen MR) is 131 cm³/mol. The SMILES string of the molecule is CC(C)(C)c1ccc(C(=O)N/N=C/c2ccc(OC(=O)c3ccccc3I)cc2)cc1. The molecule has 0 saturated heterocycles. The van der Waals surface area contributed by atoms with Crippen molar-refractivity contribution < 1.29 is 14.3 Å². The van der Waals surface area contributed by atoms with Gasteiger partial charge in [0.1, 0.15) is 5.75 Å². The van der Waals surface area contributed by atoms with E-state index < -0.39 is 5.97 Å². The molecule has 0 saturated carbocycles. The van der Waals surface area contributed by atoms with Gasteiger partial charge in [-0.1, -0.05) is 45.0 Å². The van der Waals surface area contributed by atoms with E-state index in [4.69, 9.17) is 4.74 Å². The maximum atomic E-state index is 12.3. The smallest absolute Gasteiger partial charge is 0.344 e. The van der Waals surface area contributed by atoms with Crippen molar-refractivity contribution in [3.8, 4) is 5.75 Å². The number of esters is 1. The minimum Gasteiger partial charge on any atom is -0.423 e. The number of nitrogens with zero attached hydrogens (tertiary/aromatic N) is 1. The summed E-state index contributed by atoms with van der Waals surface area (Å²) in [5.74, 6) is -0.249. The molecule has 0 unspecified atom stereocenters. The van der Waals surface area contributed by atoms with Crippen LogP contribution < -0.4 is 10.2 Å². The molecule has 0 aliphatic carbocycles. The van der Waals surface area contributed by atoms with E-state index in [1.165, 1.54) is 6.21 Å². The van der Waals surface area contributed by atoms with Crippen molar-refractivity contribution in [3.05, 3.63) is 98.6 Å². The molecule has 3 aromatic carbocycles. The van der Waals surface area contributed by atoms with E-state index in [9.17, 15) is 9.59 Å². The minimum atomic E-state index is -0.406. The number of amides is 1. The van der Waals surface area contributed by atoms with E-state index >= 15 is 0 Å². The molecule has 0 fully saturated rings. The minimum absolute atomic E-state index is 0.0349. The van der Waals surface area contributed by atoms with Crippen LogP contribution in [0.3, 0.4) is 0 Å². The van der Waals surface area contributed by atoms with E-state index in [2.05, 4.69) is 53.9 Å². The van der Waals surface area contributed by atoms with E-state index in [0.717, 1.165) is 14.7 Å². The van der Waals surface area contributed by atoms with Gasteiger partial charge in [-0.25, -0.2) is 10.2 Å². The van der Waals surface area contributed by atoms with Crippen LogP contribution in [0.4, 0.5) is 0 Å². The molecule has 3 aromatic rings. The monoisotopic (exact) mass is 526 g/mol. The fraction of sp³-hybridized carbons (Fsp3) is 0.160. The zero-order valence-corrected chi connectivity index (χ0v) is 19.7. The van der Waals surface area contributed by atoms with Crippen LogP contribution in [-0.4, -0.2) is 18.1 Å². The lowest BCUT2D eigenvalue weighted by Gasteiger charge is -2.18. The van der Waals surface area contributed by atoms with Crippen molar-refractivity contribution >= 4 is 40.7 Å². The number of ether oxygens (including phenoxy) is 1. The number of nitrogens with one attached hydrogen (secondary N) is 1. The largest absolute Gasteiger partial charge is 0.423 e. The summed E-state index contributed by atoms with van der Waals surface area (Å²) in [4.78, 5) is 24.5. The van der Waals surface area contributed by atoms with Gasteiger partial charge in [0.2, 0.25) is 0 Å². The zero-order valence-electron chi connectivity index (χ0n) is 17.6. The van der Waals surface area contributed by atoms with Gasteiger partial charge < -0.3 is 4.74 Å². The van der Waals surface area contributed by atoms with Crippen molar-refractivity contribution in [1.82, 2.24) is 5.43 Å². The molecular formula is C25H23IN2O3. The summed E-state index contributed by atoms with van der Waals surface area (Å²) in [5.41, 5.74) is 5.55. The lowest BCUT2D eigenvalue weighted by atomic mass is 9.87. The molecule has 0 aromatic heterocycles. The zero-order chi connectivity index (χ0) is 22.4. The quantitative estimate of drug-likeness (QED) is 0.155. The molecule has 3 rings (SSSR count). The van der Waals surface area contributed by atoms with Crippen LogP contribution in [0.2, 0.25) is 0 Å². The maximum absolute atomic E-state index is 12.3. The Hall–Kier alpha value is -3.00. The first-order valence-electron chi connectivity index (χ1n) is 9.75. The first-order valence-corrected chi connectivity index (χ1v) is 10.8. The molecule has 1 N–H and O–H groups in total. The second kappa shape index (κ2) is 9.87. The van der Waals surface area contributed by atoms with Crippen molar-refractivity contribution in [3.63, 3.8) is 0 Å². The fourth-order valence-electron chi connectivity index (χ4n) is 2.76. The van der Waals surface area contributed by atoms with Gasteiger partial charge in [0, 0.05) is 9.13 Å². The number of hydrogen-bond acceptors (Lipinski definition) is 4. The first kappa shape index (κ1) is 22.7. The summed E-state index contributed by atoms with van der Waals surface area (Å²) < 4.78 is 6.24. The van der Waals surface area contributed by atoms with Crippen LogP contribution in [0.25, 0.3) is 0 Å². The summed E-state index contributed by atoms with van der Waals surface area (Å²) in [6, 6.07) is 21.6. The number of carbonyl (C=O) groups is 2. The Morgan fingerprint density at radius 1 is 0.935 bits per heavy atom. The number of rotatable bonds is 5. The Kier molecular flexibility index (Phi) is 7.22. The van der Waals surface area contributed by atoms with Crippen molar-refractivity contribution in [2.75, 3.05) is 0 Å². The van der Waals surface area contributed by atoms with Gasteiger partial charge in [0.05, 0.1) is 11.8 Å². The van der Waals surface area contributed by atoms with E-state index in [1.54, 1.807) is 48.5 Å². The highest BCUT2D eigenvalue weighted by atomic mass is 127. The maximum Gasteiger partial charge on any atom is 0.344 e. The summed E-state index contributed by atoms with van der Waals surface area (Å²) in [6.07, 6.45) is 1.53. The Labute approximate surface area is 195 Å². The summed E-state index contributed by atoms with van der Waals surface area (Å²) >= 11 is 2.10. The Bertz CT molecular complexity index is 1100. The van der Waals surface area contributed by atoms with Crippen LogP contribution >= 0.6 is 22.6 Å². The van der Waals surface area contributed by atoms with Gasteiger partial charge in [-0.15, -0.1) is 0 Å². The average Bonchev–Trinajstić information content (AvgIpc) is 2.74. The van der Waals surface area contributed by atoms with Crippen molar-refractivity contribution in [2.24, 2.45) is 5.10 Å². The van der Waals surface area contributed by atoms with Gasteiger partial charge in [0.15, 0.2) is 0 Å². The molecule has 0 heterocycles. The predicted octanol–water partition coefficient (Wildman–Crippen LogP) is 5.57. The molecular weight excluding hydrogens is 503 g/mol. The molecule has 6 heteroatoms. The third-order valence-corrected chi connectivity index (χ3v) is 5.52. The van der Waals surface area contributed by atoms with Crippen LogP contribution in [0.1, 0.15) is 52.6 Å². The average molecular weight is 526 g/mol. The number of carbonyl (C=O) groups excluding carboxylic acids is 2. The number of hydrogen-bond donors (Lipinski definition) is 1. The van der Waals surface area contributed by atoms with Crippen LogP contribution in [-0.2, 0) is 5.41 Å². The number of benzene rings is 3. The fourth-order valence-corrected chi connectivity index (χ4v) is 3.37. The Morgan fingerprint density at radius 2 is 1.58 bits per heavy atom. The second-order valence-electron chi connectivity index (χ2n) is 7.96. The Balaban J connectivity index is 1.56. The normalized spacial score (nSPS) is 11.4. The third-order valence-electron chi connectivity index (χ3n) is 4.58. The second-order valence-corrected chi connectivity index (χ2v) is 9.13. The molecule has 0 atom stereocenters. The molecule has 0 spiro atoms. The molecule has 0 bridgehead atoms. The molecule has 0 radical (unpaired) electrons. The first-order chi connectivity index (χ1) is 14.7. The summed E-state index contributed by atoms with van der Waals surface area (Å²) in [5, 5.41) is 4.01. The highest BCUT2D eigenvalue weighted by molar-refractivity contribution is 14.1. The molecule has 1 amide bonds. The lowest BCUT2D eigenvalue weighted by molar-refractivity contribution is 0.0733. The molecule has 158 valence electrons. The highest BCUT2D eigenvalue weighted by Gasteiger charge is 2.14. The van der Waals surface area contributed by atoms with Gasteiger partial charge >= 0.3 is 5.97 Å². The van der Waals surface area contributed by atoms with Crippen LogP contribution in [0.15, 0.2) is 77.9 Å². The van der Waals surface area contributed by atoms with Crippen molar-refractivity contribution in [1.29, 1.82) is 0 Å². The molecule has 31 heavy (non-hydrogen) atoms. The van der Waals surface area contributed by atoms with Crippen LogP contribution in [0.5, 0.6) is 5.75 Å². The molecule has 5 nitrogen and oxygen atoms in total. The van der Waals surface area contributed by atoms with E-state index in [-0.39, 0.29) is 11.3 Å². The lowest BCUT2D eigenvalue weighted by Crippen LogP contribution is -2.18. The third kappa shape index (κ3) is 6.24. The topological polar surface area (TPSA) is 67.8 Å². The van der Waals surface area contributed by atoms with Gasteiger partial charge in [0.25, 0.3) is 5.91 Å². The standard InChI is InChI=1S/C25H23IN2O3/c1-25(2,3)19-12-10-18(11-13-19)23(29)28-27-16-17-8-14-20(15-9-17)31-24(30)21-6-4-5-7-22(21)26/h4-16H,1-3H3,(H,28,29)/b27-16+. The van der Waals surface area contributed by atoms with Crippen molar-refractivity contribution in [2.45, 2.75) is 26.2 Å². The number of hydrazone groups is 1.